The average Bonchev–Trinajstić information content (AvgIpc) is 2.86. The fraction of sp³-hybridized carbons (Fsp3) is 0.615. The molecule has 0 saturated heterocycles. The number of likely N-dealkylation sites (N-methyl/N-ethyl adjacent to an activating group) is 1. The first-order valence-corrected chi connectivity index (χ1v) is 6.50. The van der Waals surface area contributed by atoms with Crippen LogP contribution in [0.15, 0.2) is 6.07 Å². The maximum Gasteiger partial charge on any atom is 0.325 e. The number of rotatable bonds is 6. The maximum absolute atomic E-state index is 12.4. The van der Waals surface area contributed by atoms with Crippen molar-refractivity contribution in [3.8, 4) is 0 Å². The SMILES string of the molecule is CCc1cc(C(=O)N(CC)CC(=O)OC)n(CC)n1. The summed E-state index contributed by atoms with van der Waals surface area (Å²) in [6, 6.07) is 1.78. The smallest absolute Gasteiger partial charge is 0.325 e. The molecule has 6 heteroatoms. The van der Waals surface area contributed by atoms with Gasteiger partial charge in [0.15, 0.2) is 0 Å². The molecule has 0 bridgehead atoms. The Morgan fingerprint density at radius 2 is 2.05 bits per heavy atom. The first kappa shape index (κ1) is 15.2. The van der Waals surface area contributed by atoms with Crippen LogP contribution >= 0.6 is 0 Å². The van der Waals surface area contributed by atoms with E-state index in [9.17, 15) is 9.59 Å². The minimum atomic E-state index is -0.423. The monoisotopic (exact) mass is 267 g/mol. The lowest BCUT2D eigenvalue weighted by molar-refractivity contribution is -0.141. The van der Waals surface area contributed by atoms with Crippen LogP contribution in [0, 0.1) is 0 Å². The second-order valence-electron chi connectivity index (χ2n) is 4.09. The lowest BCUT2D eigenvalue weighted by Gasteiger charge is -2.19. The van der Waals surface area contributed by atoms with Crippen LogP contribution < -0.4 is 0 Å². The average molecular weight is 267 g/mol. The summed E-state index contributed by atoms with van der Waals surface area (Å²) in [4.78, 5) is 25.1. The molecule has 0 N–H and O–H groups in total. The molecule has 1 heterocycles. The normalized spacial score (nSPS) is 10.3. The molecule has 1 aromatic rings. The van der Waals surface area contributed by atoms with Gasteiger partial charge in [-0.25, -0.2) is 0 Å². The van der Waals surface area contributed by atoms with E-state index < -0.39 is 5.97 Å². The van der Waals surface area contributed by atoms with Gasteiger partial charge < -0.3 is 9.64 Å². The van der Waals surface area contributed by atoms with Gasteiger partial charge in [0, 0.05) is 13.1 Å². The molecule has 106 valence electrons. The van der Waals surface area contributed by atoms with Crippen molar-refractivity contribution in [1.82, 2.24) is 14.7 Å². The molecule has 0 aliphatic rings. The minimum Gasteiger partial charge on any atom is -0.468 e. The van der Waals surface area contributed by atoms with E-state index in [0.29, 0.717) is 18.8 Å². The molecule has 0 atom stereocenters. The summed E-state index contributed by atoms with van der Waals surface area (Å²) >= 11 is 0. The molecular weight excluding hydrogens is 246 g/mol. The van der Waals surface area contributed by atoms with Crippen LogP contribution in [0.25, 0.3) is 0 Å². The van der Waals surface area contributed by atoms with Crippen molar-refractivity contribution in [2.45, 2.75) is 33.7 Å². The number of esters is 1. The van der Waals surface area contributed by atoms with Crippen LogP contribution in [-0.4, -0.2) is 46.8 Å². The number of carbonyl (C=O) groups excluding carboxylic acids is 2. The molecule has 0 aliphatic heterocycles. The van der Waals surface area contributed by atoms with Crippen LogP contribution in [0.3, 0.4) is 0 Å². The van der Waals surface area contributed by atoms with Crippen LogP contribution in [0.5, 0.6) is 0 Å². The first-order valence-electron chi connectivity index (χ1n) is 6.50. The second-order valence-corrected chi connectivity index (χ2v) is 4.09. The van der Waals surface area contributed by atoms with Gasteiger partial charge in [-0.05, 0) is 26.3 Å². The highest BCUT2D eigenvalue weighted by Crippen LogP contribution is 2.09. The summed E-state index contributed by atoms with van der Waals surface area (Å²) in [5, 5.41) is 4.34. The Labute approximate surface area is 113 Å². The molecule has 0 spiro atoms. The van der Waals surface area contributed by atoms with Crippen molar-refractivity contribution >= 4 is 11.9 Å². The van der Waals surface area contributed by atoms with Gasteiger partial charge in [-0.2, -0.15) is 5.10 Å². The standard InChI is InChI=1S/C13H21N3O3/c1-5-10-8-11(16(7-3)14-10)13(18)15(6-2)9-12(17)19-4/h8H,5-7,9H2,1-4H3. The number of hydrogen-bond donors (Lipinski definition) is 0. The van der Waals surface area contributed by atoms with Crippen molar-refractivity contribution in [2.75, 3.05) is 20.2 Å². The van der Waals surface area contributed by atoms with E-state index >= 15 is 0 Å². The number of nitrogens with zero attached hydrogens (tertiary/aromatic N) is 3. The summed E-state index contributed by atoms with van der Waals surface area (Å²) in [6.45, 7) is 6.78. The van der Waals surface area contributed by atoms with Crippen molar-refractivity contribution in [3.05, 3.63) is 17.5 Å². The molecule has 0 radical (unpaired) electrons. The molecule has 1 aromatic heterocycles. The van der Waals surface area contributed by atoms with Crippen molar-refractivity contribution in [3.63, 3.8) is 0 Å². The molecule has 6 nitrogen and oxygen atoms in total. The van der Waals surface area contributed by atoms with E-state index in [1.807, 2.05) is 20.8 Å². The van der Waals surface area contributed by atoms with E-state index in [0.717, 1.165) is 12.1 Å². The largest absolute Gasteiger partial charge is 0.468 e. The third-order valence-electron chi connectivity index (χ3n) is 2.93. The van der Waals surface area contributed by atoms with Crippen molar-refractivity contribution in [1.29, 1.82) is 0 Å². The number of aryl methyl sites for hydroxylation is 2. The van der Waals surface area contributed by atoms with Gasteiger partial charge in [0.05, 0.1) is 12.8 Å². The molecule has 0 aromatic carbocycles. The summed E-state index contributed by atoms with van der Waals surface area (Å²) in [6.07, 6.45) is 0.774. The molecule has 19 heavy (non-hydrogen) atoms. The third kappa shape index (κ3) is 3.56. The van der Waals surface area contributed by atoms with Crippen molar-refractivity contribution in [2.24, 2.45) is 0 Å². The van der Waals surface area contributed by atoms with Gasteiger partial charge in [0.2, 0.25) is 0 Å². The summed E-state index contributed by atoms with van der Waals surface area (Å²) in [5.74, 6) is -0.615. The quantitative estimate of drug-likeness (QED) is 0.724. The van der Waals surface area contributed by atoms with Gasteiger partial charge in [-0.15, -0.1) is 0 Å². The fourth-order valence-electron chi connectivity index (χ4n) is 1.77. The highest BCUT2D eigenvalue weighted by atomic mass is 16.5. The van der Waals surface area contributed by atoms with Crippen LogP contribution in [0.4, 0.5) is 0 Å². The zero-order chi connectivity index (χ0) is 14.4. The summed E-state index contributed by atoms with van der Waals surface area (Å²) < 4.78 is 6.26. The lowest BCUT2D eigenvalue weighted by Crippen LogP contribution is -2.37. The molecule has 0 unspecified atom stereocenters. The van der Waals surface area contributed by atoms with E-state index in [2.05, 4.69) is 9.84 Å². The van der Waals surface area contributed by atoms with Crippen molar-refractivity contribution < 1.29 is 14.3 Å². The van der Waals surface area contributed by atoms with Gasteiger partial charge in [-0.3, -0.25) is 14.3 Å². The topological polar surface area (TPSA) is 64.4 Å². The number of carbonyl (C=O) groups is 2. The molecule has 0 saturated carbocycles. The number of methoxy groups -OCH3 is 1. The number of aromatic nitrogens is 2. The highest BCUT2D eigenvalue weighted by molar-refractivity contribution is 5.94. The first-order chi connectivity index (χ1) is 9.07. The van der Waals surface area contributed by atoms with E-state index in [4.69, 9.17) is 0 Å². The molecule has 1 rings (SSSR count). The maximum atomic E-state index is 12.4. The summed E-state index contributed by atoms with van der Waals surface area (Å²) in [5.41, 5.74) is 1.39. The molecule has 0 fully saturated rings. The number of hydrogen-bond acceptors (Lipinski definition) is 4. The second kappa shape index (κ2) is 6.92. The predicted octanol–water partition coefficient (Wildman–Crippen LogP) is 1.10. The third-order valence-corrected chi connectivity index (χ3v) is 2.93. The molecular formula is C13H21N3O3. The van der Waals surface area contributed by atoms with E-state index in [1.54, 1.807) is 10.7 Å². The van der Waals surface area contributed by atoms with Gasteiger partial charge in [0.25, 0.3) is 5.91 Å². The predicted molar refractivity (Wildman–Crippen MR) is 70.9 cm³/mol. The van der Waals surface area contributed by atoms with Crippen LogP contribution in [0.2, 0.25) is 0 Å². The van der Waals surface area contributed by atoms with E-state index in [-0.39, 0.29) is 12.5 Å². The zero-order valence-electron chi connectivity index (χ0n) is 12.0. The number of amides is 1. The highest BCUT2D eigenvalue weighted by Gasteiger charge is 2.21. The Morgan fingerprint density at radius 3 is 2.53 bits per heavy atom. The molecule has 0 aliphatic carbocycles. The van der Waals surface area contributed by atoms with Crippen LogP contribution in [0.1, 0.15) is 37.0 Å². The summed E-state index contributed by atoms with van der Waals surface area (Å²) in [7, 11) is 1.31. The fourth-order valence-corrected chi connectivity index (χ4v) is 1.77. The zero-order valence-corrected chi connectivity index (χ0v) is 12.0. The Hall–Kier alpha value is -1.85. The van der Waals surface area contributed by atoms with Crippen LogP contribution in [-0.2, 0) is 22.5 Å². The number of ether oxygens (including phenoxy) is 1. The Balaban J connectivity index is 2.96. The molecule has 1 amide bonds. The van der Waals surface area contributed by atoms with Gasteiger partial charge in [0.1, 0.15) is 12.2 Å². The Kier molecular flexibility index (Phi) is 5.54. The Morgan fingerprint density at radius 1 is 1.37 bits per heavy atom. The Bertz CT molecular complexity index is 454. The van der Waals surface area contributed by atoms with Gasteiger partial charge in [-0.1, -0.05) is 6.92 Å². The minimum absolute atomic E-state index is 0.0395. The van der Waals surface area contributed by atoms with E-state index in [1.165, 1.54) is 12.0 Å². The lowest BCUT2D eigenvalue weighted by atomic mass is 10.2. The van der Waals surface area contributed by atoms with Gasteiger partial charge >= 0.3 is 5.97 Å².